The maximum Gasteiger partial charge on any atom is 0.176 e. The summed E-state index contributed by atoms with van der Waals surface area (Å²) in [7, 11) is 0. The zero-order chi connectivity index (χ0) is 10.4. The predicted octanol–water partition coefficient (Wildman–Crippen LogP) is 2.09. The summed E-state index contributed by atoms with van der Waals surface area (Å²) in [4.78, 5) is 12.3. The van der Waals surface area contributed by atoms with Gasteiger partial charge in [-0.3, -0.25) is 4.79 Å². The minimum atomic E-state index is 0.118. The molecule has 1 heterocycles. The van der Waals surface area contributed by atoms with E-state index < -0.39 is 0 Å². The van der Waals surface area contributed by atoms with E-state index in [1.807, 2.05) is 6.92 Å². The van der Waals surface area contributed by atoms with Crippen LogP contribution in [0.15, 0.2) is 0 Å². The van der Waals surface area contributed by atoms with Crippen LogP contribution in [0.2, 0.25) is 0 Å². The molecule has 0 aliphatic carbocycles. The van der Waals surface area contributed by atoms with Gasteiger partial charge >= 0.3 is 0 Å². The summed E-state index contributed by atoms with van der Waals surface area (Å²) >= 11 is 1.18. The third-order valence-corrected chi connectivity index (χ3v) is 2.68. The van der Waals surface area contributed by atoms with Crippen LogP contribution in [0.1, 0.15) is 41.6 Å². The molecule has 0 amide bonds. The zero-order valence-electron chi connectivity index (χ0n) is 8.12. The third kappa shape index (κ3) is 2.64. The maximum absolute atomic E-state index is 11.6. The van der Waals surface area contributed by atoms with Gasteiger partial charge in [-0.1, -0.05) is 11.4 Å². The molecule has 0 aliphatic rings. The Morgan fingerprint density at radius 1 is 1.64 bits per heavy atom. The Labute approximate surface area is 87.7 Å². The van der Waals surface area contributed by atoms with Crippen LogP contribution in [-0.4, -0.2) is 15.4 Å². The molecule has 0 atom stereocenters. The van der Waals surface area contributed by atoms with Crippen molar-refractivity contribution in [1.29, 1.82) is 0 Å². The number of hydrogen-bond donors (Lipinski definition) is 0. The van der Waals surface area contributed by atoms with E-state index in [4.69, 9.17) is 6.42 Å². The first-order valence-electron chi connectivity index (χ1n) is 4.57. The third-order valence-electron chi connectivity index (χ3n) is 1.87. The topological polar surface area (TPSA) is 42.9 Å². The van der Waals surface area contributed by atoms with E-state index in [0.29, 0.717) is 17.7 Å². The second-order valence-corrected chi connectivity index (χ2v) is 3.64. The van der Waals surface area contributed by atoms with Crippen molar-refractivity contribution in [2.45, 2.75) is 32.6 Å². The lowest BCUT2D eigenvalue weighted by Gasteiger charge is -1.96. The van der Waals surface area contributed by atoms with Gasteiger partial charge in [0.1, 0.15) is 4.88 Å². The van der Waals surface area contributed by atoms with Gasteiger partial charge in [-0.15, -0.1) is 17.4 Å². The van der Waals surface area contributed by atoms with E-state index in [2.05, 4.69) is 15.5 Å². The number of aromatic nitrogens is 2. The summed E-state index contributed by atoms with van der Waals surface area (Å²) < 4.78 is 3.77. The Hall–Kier alpha value is -1.21. The molecule has 1 rings (SSSR count). The van der Waals surface area contributed by atoms with Crippen LogP contribution in [0.3, 0.4) is 0 Å². The standard InChI is InChI=1S/C10H12N2OS/c1-3-5-6-7-9(13)10-8(4-2)11-12-14-10/h1H,4-7H2,2H3. The highest BCUT2D eigenvalue weighted by Crippen LogP contribution is 2.14. The first kappa shape index (κ1) is 10.9. The maximum atomic E-state index is 11.6. The van der Waals surface area contributed by atoms with Gasteiger partial charge in [-0.25, -0.2) is 0 Å². The number of terminal acetylenes is 1. The highest BCUT2D eigenvalue weighted by Gasteiger charge is 2.13. The molecular formula is C10H12N2OS. The van der Waals surface area contributed by atoms with E-state index in [-0.39, 0.29) is 5.78 Å². The summed E-state index contributed by atoms with van der Waals surface area (Å²) in [6.45, 7) is 1.97. The monoisotopic (exact) mass is 208 g/mol. The van der Waals surface area contributed by atoms with Gasteiger partial charge in [0, 0.05) is 12.8 Å². The molecule has 14 heavy (non-hydrogen) atoms. The summed E-state index contributed by atoms with van der Waals surface area (Å²) in [5.74, 6) is 2.63. The minimum Gasteiger partial charge on any atom is -0.293 e. The highest BCUT2D eigenvalue weighted by molar-refractivity contribution is 7.08. The Morgan fingerprint density at radius 2 is 2.43 bits per heavy atom. The highest BCUT2D eigenvalue weighted by atomic mass is 32.1. The SMILES string of the molecule is C#CCCCC(=O)c1snnc1CC. The molecule has 0 bridgehead atoms. The van der Waals surface area contributed by atoms with Crippen molar-refractivity contribution >= 4 is 17.3 Å². The zero-order valence-corrected chi connectivity index (χ0v) is 8.93. The van der Waals surface area contributed by atoms with Crippen molar-refractivity contribution in [2.24, 2.45) is 0 Å². The first-order chi connectivity index (χ1) is 6.79. The van der Waals surface area contributed by atoms with Gasteiger partial charge in [0.2, 0.25) is 0 Å². The van der Waals surface area contributed by atoms with E-state index >= 15 is 0 Å². The second kappa shape index (κ2) is 5.51. The van der Waals surface area contributed by atoms with E-state index in [1.54, 1.807) is 0 Å². The number of carbonyl (C=O) groups is 1. The normalized spacial score (nSPS) is 9.71. The smallest absolute Gasteiger partial charge is 0.176 e. The molecule has 0 radical (unpaired) electrons. The number of hydrogen-bond acceptors (Lipinski definition) is 4. The van der Waals surface area contributed by atoms with Crippen molar-refractivity contribution in [1.82, 2.24) is 9.59 Å². The molecule has 0 N–H and O–H groups in total. The molecule has 1 aromatic heterocycles. The molecule has 0 fully saturated rings. The van der Waals surface area contributed by atoms with Gasteiger partial charge in [0.15, 0.2) is 5.78 Å². The molecule has 4 heteroatoms. The van der Waals surface area contributed by atoms with Gasteiger partial charge in [-0.2, -0.15) is 0 Å². The van der Waals surface area contributed by atoms with Crippen molar-refractivity contribution in [3.8, 4) is 12.3 Å². The second-order valence-electron chi connectivity index (χ2n) is 2.88. The molecule has 0 saturated carbocycles. The Kier molecular flexibility index (Phi) is 4.27. The fourth-order valence-corrected chi connectivity index (χ4v) is 1.83. The summed E-state index contributed by atoms with van der Waals surface area (Å²) in [6.07, 6.45) is 7.76. The number of nitrogens with zero attached hydrogens (tertiary/aromatic N) is 2. The van der Waals surface area contributed by atoms with Crippen LogP contribution in [0, 0.1) is 12.3 Å². The fourth-order valence-electron chi connectivity index (χ4n) is 1.12. The number of rotatable bonds is 5. The van der Waals surface area contributed by atoms with Crippen molar-refractivity contribution in [3.63, 3.8) is 0 Å². The van der Waals surface area contributed by atoms with Crippen LogP contribution >= 0.6 is 11.5 Å². The Balaban J connectivity index is 2.57. The van der Waals surface area contributed by atoms with Gasteiger partial charge in [0.05, 0.1) is 5.69 Å². The lowest BCUT2D eigenvalue weighted by atomic mass is 10.1. The number of carbonyl (C=O) groups excluding carboxylic acids is 1. The molecule has 1 aromatic rings. The van der Waals surface area contributed by atoms with E-state index in [0.717, 1.165) is 18.5 Å². The quantitative estimate of drug-likeness (QED) is 0.423. The van der Waals surface area contributed by atoms with Gasteiger partial charge < -0.3 is 0 Å². The molecule has 3 nitrogen and oxygen atoms in total. The average molecular weight is 208 g/mol. The molecule has 0 aliphatic heterocycles. The Morgan fingerprint density at radius 3 is 3.07 bits per heavy atom. The molecular weight excluding hydrogens is 196 g/mol. The van der Waals surface area contributed by atoms with Crippen LogP contribution in [-0.2, 0) is 6.42 Å². The molecule has 0 aromatic carbocycles. The number of ketones is 1. The Bertz CT molecular complexity index is 351. The first-order valence-corrected chi connectivity index (χ1v) is 5.34. The summed E-state index contributed by atoms with van der Waals surface area (Å²) in [5.41, 5.74) is 0.806. The van der Waals surface area contributed by atoms with Crippen LogP contribution in [0.4, 0.5) is 0 Å². The molecule has 0 saturated heterocycles. The number of aryl methyl sites for hydroxylation is 1. The van der Waals surface area contributed by atoms with E-state index in [1.165, 1.54) is 11.5 Å². The number of Topliss-reactive ketones (excluding diaryl/α,β-unsaturated/α-hetero) is 1. The van der Waals surface area contributed by atoms with Crippen molar-refractivity contribution < 1.29 is 4.79 Å². The molecule has 0 spiro atoms. The minimum absolute atomic E-state index is 0.118. The van der Waals surface area contributed by atoms with Crippen molar-refractivity contribution in [3.05, 3.63) is 10.6 Å². The lowest BCUT2D eigenvalue weighted by molar-refractivity contribution is 0.0983. The largest absolute Gasteiger partial charge is 0.293 e. The van der Waals surface area contributed by atoms with E-state index in [9.17, 15) is 4.79 Å². The van der Waals surface area contributed by atoms with Crippen molar-refractivity contribution in [2.75, 3.05) is 0 Å². The molecule has 74 valence electrons. The van der Waals surface area contributed by atoms with Crippen LogP contribution in [0.25, 0.3) is 0 Å². The summed E-state index contributed by atoms with van der Waals surface area (Å²) in [6, 6.07) is 0. The number of unbranched alkanes of at least 4 members (excludes halogenated alkanes) is 1. The molecule has 0 unspecified atom stereocenters. The fraction of sp³-hybridized carbons (Fsp3) is 0.500. The average Bonchev–Trinajstić information content (AvgIpc) is 2.65. The van der Waals surface area contributed by atoms with Crippen LogP contribution in [0.5, 0.6) is 0 Å². The van der Waals surface area contributed by atoms with Gasteiger partial charge in [0.25, 0.3) is 0 Å². The van der Waals surface area contributed by atoms with Gasteiger partial charge in [-0.05, 0) is 24.4 Å². The lowest BCUT2D eigenvalue weighted by Crippen LogP contribution is -1.99. The predicted molar refractivity (Wildman–Crippen MR) is 56.3 cm³/mol. The summed E-state index contributed by atoms with van der Waals surface area (Å²) in [5, 5.41) is 3.89. The van der Waals surface area contributed by atoms with Crippen LogP contribution < -0.4 is 0 Å².